The summed E-state index contributed by atoms with van der Waals surface area (Å²) in [5.41, 5.74) is 31.0. The van der Waals surface area contributed by atoms with Crippen molar-refractivity contribution in [3.05, 3.63) is 195 Å². The molecule has 0 radical (unpaired) electrons. The molecule has 0 unspecified atom stereocenters. The second-order valence-corrected chi connectivity index (χ2v) is 28.0. The molecule has 0 amide bonds. The van der Waals surface area contributed by atoms with Crippen LogP contribution in [0.15, 0.2) is 145 Å². The number of para-hydroxylation sites is 1. The first-order chi connectivity index (χ1) is 35.9. The summed E-state index contributed by atoms with van der Waals surface area (Å²) in [6.45, 7) is 36.7. The summed E-state index contributed by atoms with van der Waals surface area (Å²) in [5.74, 6) is 0. The molecule has 384 valence electrons. The zero-order valence-electron chi connectivity index (χ0n) is 48.2. The maximum Gasteiger partial charge on any atom is 0.252 e. The third kappa shape index (κ3) is 7.06. The third-order valence-corrected chi connectivity index (χ3v) is 19.4. The third-order valence-electron chi connectivity index (χ3n) is 19.4. The number of benzene rings is 7. The van der Waals surface area contributed by atoms with Crippen LogP contribution in [0.3, 0.4) is 0 Å². The number of allylic oxidation sites excluding steroid dienone is 4. The standard InChI is InChI=1S/C72H78BN3/c1-44-36-62-66-63(37-44)76(59-41-54-52(38-45(59)2)68(6,7)34-35-69(54,8)9)61-42-55-53(70(10,11)43-71(55,12)13)40-57(61)73(66)56-32-30-48(74(46-24-18-16-19-25-46)47-26-20-17-21-27-47)39-60(56)75(62)58-33-31-51(67(3,4)5)64-49-28-22-23-29-50(49)72(14,15)65(58)64/h16-20,22-26,28-33,36-42H,21,27,34-35,43H2,1-15H3. The Balaban J connectivity index is 1.16. The van der Waals surface area contributed by atoms with E-state index in [4.69, 9.17) is 0 Å². The highest BCUT2D eigenvalue weighted by molar-refractivity contribution is 7.00. The molecule has 6 aliphatic rings. The van der Waals surface area contributed by atoms with E-state index in [9.17, 15) is 0 Å². The zero-order valence-corrected chi connectivity index (χ0v) is 48.2. The Kier molecular flexibility index (Phi) is 10.5. The molecular weight excluding hydrogens is 918 g/mol. The van der Waals surface area contributed by atoms with Crippen molar-refractivity contribution in [2.75, 3.05) is 14.7 Å². The average molecular weight is 996 g/mol. The van der Waals surface area contributed by atoms with Gasteiger partial charge in [-0.15, -0.1) is 0 Å². The highest BCUT2D eigenvalue weighted by Crippen LogP contribution is 2.59. The Morgan fingerprint density at radius 3 is 1.80 bits per heavy atom. The van der Waals surface area contributed by atoms with Gasteiger partial charge in [-0.1, -0.05) is 169 Å². The van der Waals surface area contributed by atoms with Crippen LogP contribution in [0.25, 0.3) is 11.1 Å². The second-order valence-electron chi connectivity index (χ2n) is 28.0. The summed E-state index contributed by atoms with van der Waals surface area (Å²) in [4.78, 5) is 8.02. The summed E-state index contributed by atoms with van der Waals surface area (Å²) < 4.78 is 0. The Labute approximate surface area is 455 Å². The fraction of sp³-hybridized carbons (Fsp3) is 0.361. The molecule has 7 aromatic carbocycles. The first-order valence-corrected chi connectivity index (χ1v) is 28.6. The number of hydrogen-bond donors (Lipinski definition) is 0. The van der Waals surface area contributed by atoms with Crippen molar-refractivity contribution in [1.82, 2.24) is 0 Å². The van der Waals surface area contributed by atoms with Gasteiger partial charge in [-0.25, -0.2) is 0 Å². The lowest BCUT2D eigenvalue weighted by Crippen LogP contribution is -2.61. The fourth-order valence-electron chi connectivity index (χ4n) is 15.7. The molecule has 3 nitrogen and oxygen atoms in total. The maximum atomic E-state index is 2.75. The molecule has 2 aliphatic heterocycles. The van der Waals surface area contributed by atoms with E-state index in [-0.39, 0.29) is 39.2 Å². The maximum absolute atomic E-state index is 2.75. The number of hydrogen-bond acceptors (Lipinski definition) is 3. The highest BCUT2D eigenvalue weighted by atomic mass is 15.2. The van der Waals surface area contributed by atoms with Gasteiger partial charge in [-0.05, 0) is 211 Å². The molecule has 0 aromatic heterocycles. The van der Waals surface area contributed by atoms with Crippen LogP contribution in [-0.2, 0) is 32.5 Å². The van der Waals surface area contributed by atoms with Crippen molar-refractivity contribution in [3.8, 4) is 11.1 Å². The SMILES string of the molecule is Cc1cc2c3c(c1)N(c1ccc(C(C)(C)C)c4c1C(C)(C)c1ccccc1-4)c1cc(N(C4=CC=CCC4)c4ccccc4)ccc1B3c1cc3c(cc1N2c1cc2c(cc1C)C(C)(C)CCC2(C)C)C(C)(C)CC3(C)C. The van der Waals surface area contributed by atoms with E-state index in [1.54, 1.807) is 0 Å². The Morgan fingerprint density at radius 2 is 1.13 bits per heavy atom. The minimum atomic E-state index is -0.269. The molecule has 0 atom stereocenters. The van der Waals surface area contributed by atoms with E-state index >= 15 is 0 Å². The lowest BCUT2D eigenvalue weighted by atomic mass is 9.33. The molecule has 4 heteroatoms. The van der Waals surface area contributed by atoms with Crippen molar-refractivity contribution < 1.29 is 0 Å². The smallest absolute Gasteiger partial charge is 0.252 e. The summed E-state index contributed by atoms with van der Waals surface area (Å²) in [5, 5.41) is 0. The second kappa shape index (κ2) is 16.3. The van der Waals surface area contributed by atoms with Crippen LogP contribution in [0.1, 0.15) is 172 Å². The number of aryl methyl sites for hydroxylation is 2. The van der Waals surface area contributed by atoms with Gasteiger partial charge in [0.2, 0.25) is 0 Å². The monoisotopic (exact) mass is 996 g/mol. The molecule has 0 spiro atoms. The number of nitrogens with zero attached hydrogens (tertiary/aromatic N) is 3. The van der Waals surface area contributed by atoms with Crippen LogP contribution < -0.4 is 31.1 Å². The molecule has 7 aromatic rings. The van der Waals surface area contributed by atoms with Gasteiger partial charge in [0.15, 0.2) is 0 Å². The van der Waals surface area contributed by atoms with Crippen molar-refractivity contribution in [2.45, 2.75) is 168 Å². The fourth-order valence-corrected chi connectivity index (χ4v) is 15.7. The lowest BCUT2D eigenvalue weighted by Gasteiger charge is -2.47. The highest BCUT2D eigenvalue weighted by Gasteiger charge is 2.50. The van der Waals surface area contributed by atoms with Crippen LogP contribution in [-0.4, -0.2) is 6.71 Å². The van der Waals surface area contributed by atoms with E-state index in [0.29, 0.717) is 0 Å². The Hall–Kier alpha value is -6.52. The Bertz CT molecular complexity index is 3680. The van der Waals surface area contributed by atoms with Crippen molar-refractivity contribution >= 4 is 68.6 Å². The van der Waals surface area contributed by atoms with E-state index in [2.05, 4.69) is 258 Å². The van der Waals surface area contributed by atoms with Crippen molar-refractivity contribution in [2.24, 2.45) is 0 Å². The van der Waals surface area contributed by atoms with Crippen LogP contribution in [0.2, 0.25) is 0 Å². The number of anilines is 8. The predicted molar refractivity (Wildman–Crippen MR) is 327 cm³/mol. The minimum Gasteiger partial charge on any atom is -0.314 e. The number of rotatable bonds is 5. The minimum absolute atomic E-state index is 0.00983. The van der Waals surface area contributed by atoms with Gasteiger partial charge in [-0.2, -0.15) is 0 Å². The summed E-state index contributed by atoms with van der Waals surface area (Å²) >= 11 is 0. The van der Waals surface area contributed by atoms with Gasteiger partial charge in [0.05, 0.1) is 5.69 Å². The average Bonchev–Trinajstić information content (AvgIpc) is 3.88. The van der Waals surface area contributed by atoms with Gasteiger partial charge in [0.1, 0.15) is 0 Å². The first-order valence-electron chi connectivity index (χ1n) is 28.6. The molecule has 0 fully saturated rings. The predicted octanol–water partition coefficient (Wildman–Crippen LogP) is 17.7. The molecular formula is C72H78BN3. The van der Waals surface area contributed by atoms with Crippen LogP contribution in [0.5, 0.6) is 0 Å². The topological polar surface area (TPSA) is 9.72 Å². The molecule has 0 bridgehead atoms. The van der Waals surface area contributed by atoms with E-state index in [1.165, 1.54) is 142 Å². The van der Waals surface area contributed by atoms with E-state index in [0.717, 1.165) is 19.3 Å². The van der Waals surface area contributed by atoms with Gasteiger partial charge in [0.25, 0.3) is 6.71 Å². The van der Waals surface area contributed by atoms with Crippen molar-refractivity contribution in [1.29, 1.82) is 0 Å². The lowest BCUT2D eigenvalue weighted by molar-refractivity contribution is 0.332. The summed E-state index contributed by atoms with van der Waals surface area (Å²) in [6.07, 6.45) is 12.4. The normalized spacial score (nSPS) is 19.2. The zero-order chi connectivity index (χ0) is 53.4. The summed E-state index contributed by atoms with van der Waals surface area (Å²) in [7, 11) is 0. The van der Waals surface area contributed by atoms with Crippen molar-refractivity contribution in [3.63, 3.8) is 0 Å². The van der Waals surface area contributed by atoms with E-state index in [1.807, 2.05) is 0 Å². The van der Waals surface area contributed by atoms with Gasteiger partial charge < -0.3 is 14.7 Å². The van der Waals surface area contributed by atoms with Gasteiger partial charge in [0, 0.05) is 50.9 Å². The molecule has 76 heavy (non-hydrogen) atoms. The molecule has 2 heterocycles. The molecule has 0 saturated carbocycles. The van der Waals surface area contributed by atoms with Gasteiger partial charge in [-0.3, -0.25) is 0 Å². The van der Waals surface area contributed by atoms with Crippen LogP contribution in [0, 0.1) is 13.8 Å². The van der Waals surface area contributed by atoms with Crippen LogP contribution >= 0.6 is 0 Å². The Morgan fingerprint density at radius 1 is 0.526 bits per heavy atom. The van der Waals surface area contributed by atoms with E-state index < -0.39 is 0 Å². The van der Waals surface area contributed by atoms with Crippen LogP contribution in [0.4, 0.5) is 45.5 Å². The van der Waals surface area contributed by atoms with Gasteiger partial charge >= 0.3 is 0 Å². The largest absolute Gasteiger partial charge is 0.314 e. The molecule has 0 N–H and O–H groups in total. The quantitative estimate of drug-likeness (QED) is 0.159. The summed E-state index contributed by atoms with van der Waals surface area (Å²) in [6, 6.07) is 48.5. The molecule has 0 saturated heterocycles. The first kappa shape index (κ1) is 49.1. The molecule has 13 rings (SSSR count). The number of fused-ring (bicyclic) bond motifs is 9. The molecule has 4 aliphatic carbocycles.